The minimum absolute atomic E-state index is 1.04. The van der Waals surface area contributed by atoms with Gasteiger partial charge >= 0.3 is 0 Å². The molecule has 0 amide bonds. The van der Waals surface area contributed by atoms with E-state index in [9.17, 15) is 0 Å². The number of hydrogen-bond acceptors (Lipinski definition) is 1. The van der Waals surface area contributed by atoms with E-state index >= 15 is 0 Å². The first kappa shape index (κ1) is 11.0. The molecule has 1 rings (SSSR count). The maximum absolute atomic E-state index is 3.37. The Kier molecular flexibility index (Phi) is 8.03. The van der Waals surface area contributed by atoms with Crippen LogP contribution in [0.1, 0.15) is 46.5 Å². The molecule has 68 valence electrons. The maximum Gasteiger partial charge on any atom is -0.00463 e. The Balaban J connectivity index is 0.000000461. The van der Waals surface area contributed by atoms with Crippen molar-refractivity contribution in [3.05, 3.63) is 0 Å². The smallest absolute Gasteiger partial charge is 0.00463 e. The maximum atomic E-state index is 3.37. The van der Waals surface area contributed by atoms with Gasteiger partial charge in [-0.3, -0.25) is 0 Å². The molecule has 0 unspecified atom stereocenters. The molecule has 0 aromatic heterocycles. The van der Waals surface area contributed by atoms with Crippen molar-refractivity contribution in [2.45, 2.75) is 46.5 Å². The van der Waals surface area contributed by atoms with Gasteiger partial charge in [0, 0.05) is 0 Å². The molecule has 0 aromatic rings. The predicted octanol–water partition coefficient (Wildman–Crippen LogP) is 2.81. The summed E-state index contributed by atoms with van der Waals surface area (Å²) in [6.45, 7) is 8.79. The SMILES string of the molecule is CC.CCCC1CCNCC1. The Morgan fingerprint density at radius 3 is 2.18 bits per heavy atom. The second-order valence-corrected chi connectivity index (χ2v) is 2.98. The highest BCUT2D eigenvalue weighted by Crippen LogP contribution is 2.16. The van der Waals surface area contributed by atoms with E-state index < -0.39 is 0 Å². The van der Waals surface area contributed by atoms with E-state index in [2.05, 4.69) is 12.2 Å². The average molecular weight is 157 g/mol. The highest BCUT2D eigenvalue weighted by Gasteiger charge is 2.10. The van der Waals surface area contributed by atoms with Gasteiger partial charge in [0.05, 0.1) is 0 Å². The molecular formula is C10H23N. The van der Waals surface area contributed by atoms with Gasteiger partial charge in [0.25, 0.3) is 0 Å². The van der Waals surface area contributed by atoms with Crippen LogP contribution in [-0.2, 0) is 0 Å². The second kappa shape index (κ2) is 8.06. The van der Waals surface area contributed by atoms with Gasteiger partial charge in [0.2, 0.25) is 0 Å². The average Bonchev–Trinajstić information content (AvgIpc) is 2.11. The minimum atomic E-state index is 1.04. The van der Waals surface area contributed by atoms with Gasteiger partial charge in [-0.2, -0.15) is 0 Å². The summed E-state index contributed by atoms with van der Waals surface area (Å²) in [6.07, 6.45) is 5.63. The second-order valence-electron chi connectivity index (χ2n) is 2.98. The van der Waals surface area contributed by atoms with Crippen molar-refractivity contribution in [1.29, 1.82) is 0 Å². The topological polar surface area (TPSA) is 12.0 Å². The lowest BCUT2D eigenvalue weighted by molar-refractivity contribution is 0.351. The Hall–Kier alpha value is -0.0400. The Labute approximate surface area is 71.6 Å². The molecular weight excluding hydrogens is 134 g/mol. The predicted molar refractivity (Wildman–Crippen MR) is 51.8 cm³/mol. The summed E-state index contributed by atoms with van der Waals surface area (Å²) in [4.78, 5) is 0. The van der Waals surface area contributed by atoms with E-state index in [1.54, 1.807) is 0 Å². The molecule has 11 heavy (non-hydrogen) atoms. The van der Waals surface area contributed by atoms with Gasteiger partial charge in [-0.1, -0.05) is 33.6 Å². The lowest BCUT2D eigenvalue weighted by Crippen LogP contribution is -2.27. The molecule has 1 fully saturated rings. The number of piperidine rings is 1. The van der Waals surface area contributed by atoms with Crippen molar-refractivity contribution in [3.8, 4) is 0 Å². The monoisotopic (exact) mass is 157 g/mol. The first-order chi connectivity index (χ1) is 5.43. The summed E-state index contributed by atoms with van der Waals surface area (Å²) in [6, 6.07) is 0. The zero-order valence-corrected chi connectivity index (χ0v) is 8.32. The van der Waals surface area contributed by atoms with Crippen LogP contribution in [0.15, 0.2) is 0 Å². The Morgan fingerprint density at radius 2 is 1.73 bits per heavy atom. The van der Waals surface area contributed by atoms with Crippen LogP contribution in [0.3, 0.4) is 0 Å². The molecule has 1 aliphatic heterocycles. The molecule has 1 saturated heterocycles. The lowest BCUT2D eigenvalue weighted by Gasteiger charge is -2.21. The highest BCUT2D eigenvalue weighted by atomic mass is 14.9. The van der Waals surface area contributed by atoms with Crippen molar-refractivity contribution in [2.75, 3.05) is 13.1 Å². The third kappa shape index (κ3) is 5.25. The molecule has 0 spiro atoms. The molecule has 0 atom stereocenters. The van der Waals surface area contributed by atoms with Gasteiger partial charge in [-0.05, 0) is 31.8 Å². The van der Waals surface area contributed by atoms with Gasteiger partial charge in [-0.15, -0.1) is 0 Å². The van der Waals surface area contributed by atoms with Crippen LogP contribution < -0.4 is 5.32 Å². The van der Waals surface area contributed by atoms with Crippen LogP contribution >= 0.6 is 0 Å². The van der Waals surface area contributed by atoms with Crippen LogP contribution in [-0.4, -0.2) is 13.1 Å². The standard InChI is InChI=1S/C8H17N.C2H6/c1-2-3-8-4-6-9-7-5-8;1-2/h8-9H,2-7H2,1H3;1-2H3. The fourth-order valence-electron chi connectivity index (χ4n) is 1.58. The van der Waals surface area contributed by atoms with Gasteiger partial charge in [0.1, 0.15) is 0 Å². The molecule has 1 aliphatic rings. The van der Waals surface area contributed by atoms with E-state index in [4.69, 9.17) is 0 Å². The van der Waals surface area contributed by atoms with Crippen molar-refractivity contribution in [2.24, 2.45) is 5.92 Å². The van der Waals surface area contributed by atoms with Crippen molar-refractivity contribution in [1.82, 2.24) is 5.32 Å². The molecule has 0 radical (unpaired) electrons. The largest absolute Gasteiger partial charge is 0.317 e. The summed E-state index contributed by atoms with van der Waals surface area (Å²) in [5.41, 5.74) is 0. The molecule has 1 N–H and O–H groups in total. The first-order valence-corrected chi connectivity index (χ1v) is 5.14. The fourth-order valence-corrected chi connectivity index (χ4v) is 1.58. The zero-order valence-electron chi connectivity index (χ0n) is 8.32. The summed E-state index contributed by atoms with van der Waals surface area (Å²) in [7, 11) is 0. The molecule has 0 aliphatic carbocycles. The van der Waals surface area contributed by atoms with Crippen LogP contribution in [0.4, 0.5) is 0 Å². The van der Waals surface area contributed by atoms with E-state index in [1.807, 2.05) is 13.8 Å². The molecule has 0 saturated carbocycles. The van der Waals surface area contributed by atoms with E-state index in [0.29, 0.717) is 0 Å². The quantitative estimate of drug-likeness (QED) is 0.650. The summed E-state index contributed by atoms with van der Waals surface area (Å²) in [5, 5.41) is 3.37. The number of hydrogen-bond donors (Lipinski definition) is 1. The van der Waals surface area contributed by atoms with E-state index in [0.717, 1.165) is 5.92 Å². The Morgan fingerprint density at radius 1 is 1.18 bits per heavy atom. The molecule has 1 heteroatoms. The van der Waals surface area contributed by atoms with E-state index in [-0.39, 0.29) is 0 Å². The Bertz CT molecular complexity index is 62.5. The molecule has 0 bridgehead atoms. The zero-order chi connectivity index (χ0) is 8.53. The number of nitrogens with one attached hydrogen (secondary N) is 1. The van der Waals surface area contributed by atoms with Crippen LogP contribution in [0.25, 0.3) is 0 Å². The van der Waals surface area contributed by atoms with Crippen molar-refractivity contribution >= 4 is 0 Å². The first-order valence-electron chi connectivity index (χ1n) is 5.14. The summed E-state index contributed by atoms with van der Waals surface area (Å²) in [5.74, 6) is 1.04. The molecule has 0 aromatic carbocycles. The molecule has 1 heterocycles. The summed E-state index contributed by atoms with van der Waals surface area (Å²) < 4.78 is 0. The van der Waals surface area contributed by atoms with Gasteiger partial charge in [0.15, 0.2) is 0 Å². The lowest BCUT2D eigenvalue weighted by atomic mass is 9.94. The van der Waals surface area contributed by atoms with Gasteiger partial charge in [-0.25, -0.2) is 0 Å². The third-order valence-corrected chi connectivity index (χ3v) is 2.16. The number of rotatable bonds is 2. The normalized spacial score (nSPS) is 18.8. The summed E-state index contributed by atoms with van der Waals surface area (Å²) >= 11 is 0. The minimum Gasteiger partial charge on any atom is -0.317 e. The molecule has 1 nitrogen and oxygen atoms in total. The van der Waals surface area contributed by atoms with Crippen LogP contribution in [0, 0.1) is 5.92 Å². The van der Waals surface area contributed by atoms with Crippen LogP contribution in [0.5, 0.6) is 0 Å². The van der Waals surface area contributed by atoms with Crippen LogP contribution in [0.2, 0.25) is 0 Å². The third-order valence-electron chi connectivity index (χ3n) is 2.16. The van der Waals surface area contributed by atoms with Crippen molar-refractivity contribution in [3.63, 3.8) is 0 Å². The van der Waals surface area contributed by atoms with Gasteiger partial charge < -0.3 is 5.32 Å². The fraction of sp³-hybridized carbons (Fsp3) is 1.00. The highest BCUT2D eigenvalue weighted by molar-refractivity contribution is 4.67. The van der Waals surface area contributed by atoms with E-state index in [1.165, 1.54) is 38.8 Å². The van der Waals surface area contributed by atoms with Crippen molar-refractivity contribution < 1.29 is 0 Å².